The van der Waals surface area contributed by atoms with E-state index in [1.54, 1.807) is 13.8 Å². The standard InChI is InChI=1S/C16H20N2O3/c1-8(2)12-14(19)17-16(21)18(15(12)20)13-10(4)6-9(3)7-11(13)5/h6-8,12H,1-5H3,(H,17,19,21). The monoisotopic (exact) mass is 288 g/mol. The number of rotatable bonds is 2. The number of carbonyl (C=O) groups is 3. The number of amides is 4. The highest BCUT2D eigenvalue weighted by Gasteiger charge is 2.43. The van der Waals surface area contributed by atoms with Crippen molar-refractivity contribution in [2.45, 2.75) is 34.6 Å². The summed E-state index contributed by atoms with van der Waals surface area (Å²) in [7, 11) is 0. The maximum Gasteiger partial charge on any atom is 0.335 e. The predicted octanol–water partition coefficient (Wildman–Crippen LogP) is 2.47. The maximum atomic E-state index is 12.6. The number of hydrogen-bond acceptors (Lipinski definition) is 3. The molecule has 4 amide bonds. The Morgan fingerprint density at radius 2 is 1.57 bits per heavy atom. The largest absolute Gasteiger partial charge is 0.335 e. The lowest BCUT2D eigenvalue weighted by atomic mass is 9.91. The predicted molar refractivity (Wildman–Crippen MR) is 80.0 cm³/mol. The molecule has 112 valence electrons. The van der Waals surface area contributed by atoms with E-state index in [-0.39, 0.29) is 5.92 Å². The van der Waals surface area contributed by atoms with Gasteiger partial charge in [0.25, 0.3) is 0 Å². The zero-order valence-electron chi connectivity index (χ0n) is 13.0. The van der Waals surface area contributed by atoms with E-state index < -0.39 is 23.8 Å². The number of hydrogen-bond donors (Lipinski definition) is 1. The fourth-order valence-corrected chi connectivity index (χ4v) is 2.92. The van der Waals surface area contributed by atoms with E-state index in [2.05, 4.69) is 5.32 Å². The number of benzene rings is 1. The van der Waals surface area contributed by atoms with Gasteiger partial charge in [-0.1, -0.05) is 31.5 Å². The van der Waals surface area contributed by atoms with Crippen LogP contribution in [0.1, 0.15) is 30.5 Å². The molecule has 1 N–H and O–H groups in total. The van der Waals surface area contributed by atoms with Crippen LogP contribution >= 0.6 is 0 Å². The van der Waals surface area contributed by atoms with Crippen molar-refractivity contribution in [3.63, 3.8) is 0 Å². The number of imide groups is 2. The van der Waals surface area contributed by atoms with Gasteiger partial charge in [-0.15, -0.1) is 0 Å². The second kappa shape index (κ2) is 5.31. The minimum atomic E-state index is -0.831. The molecule has 1 heterocycles. The fourth-order valence-electron chi connectivity index (χ4n) is 2.92. The van der Waals surface area contributed by atoms with Crippen molar-refractivity contribution < 1.29 is 14.4 Å². The van der Waals surface area contributed by atoms with E-state index in [1.165, 1.54) is 0 Å². The quantitative estimate of drug-likeness (QED) is 0.850. The SMILES string of the molecule is Cc1cc(C)c(N2C(=O)NC(=O)C(C(C)C)C2=O)c(C)c1. The fraction of sp³-hybridized carbons (Fsp3) is 0.438. The second-order valence-corrected chi connectivity index (χ2v) is 5.94. The van der Waals surface area contributed by atoms with Gasteiger partial charge in [0.1, 0.15) is 5.92 Å². The van der Waals surface area contributed by atoms with Gasteiger partial charge in [-0.2, -0.15) is 0 Å². The van der Waals surface area contributed by atoms with E-state index in [0.29, 0.717) is 5.69 Å². The van der Waals surface area contributed by atoms with Crippen LogP contribution in [0.5, 0.6) is 0 Å². The maximum absolute atomic E-state index is 12.6. The number of nitrogens with one attached hydrogen (secondary N) is 1. The lowest BCUT2D eigenvalue weighted by Gasteiger charge is -2.33. The Morgan fingerprint density at radius 1 is 1.05 bits per heavy atom. The van der Waals surface area contributed by atoms with E-state index in [1.807, 2.05) is 32.9 Å². The van der Waals surface area contributed by atoms with Crippen LogP contribution in [0.15, 0.2) is 12.1 Å². The summed E-state index contributed by atoms with van der Waals surface area (Å²) < 4.78 is 0. The summed E-state index contributed by atoms with van der Waals surface area (Å²) in [5.74, 6) is -1.96. The molecule has 1 aliphatic heterocycles. The molecule has 0 aliphatic carbocycles. The zero-order chi connectivity index (χ0) is 15.9. The van der Waals surface area contributed by atoms with Crippen LogP contribution in [-0.2, 0) is 9.59 Å². The average Bonchev–Trinajstić information content (AvgIpc) is 2.30. The molecule has 1 saturated heterocycles. The van der Waals surface area contributed by atoms with Gasteiger partial charge in [0.2, 0.25) is 11.8 Å². The molecule has 1 atom stereocenters. The number of nitrogens with zero attached hydrogens (tertiary/aromatic N) is 1. The molecular formula is C16H20N2O3. The number of urea groups is 1. The number of barbiturate groups is 1. The van der Waals surface area contributed by atoms with Crippen molar-refractivity contribution in [2.75, 3.05) is 4.90 Å². The molecule has 21 heavy (non-hydrogen) atoms. The molecule has 0 spiro atoms. The van der Waals surface area contributed by atoms with Crippen molar-refractivity contribution in [1.29, 1.82) is 0 Å². The first-order chi connectivity index (χ1) is 9.73. The topological polar surface area (TPSA) is 66.5 Å². The van der Waals surface area contributed by atoms with Crippen LogP contribution in [0.3, 0.4) is 0 Å². The van der Waals surface area contributed by atoms with Crippen molar-refractivity contribution in [1.82, 2.24) is 5.32 Å². The highest BCUT2D eigenvalue weighted by atomic mass is 16.2. The first-order valence-corrected chi connectivity index (χ1v) is 7.00. The van der Waals surface area contributed by atoms with E-state index in [4.69, 9.17) is 0 Å². The molecule has 1 aromatic rings. The van der Waals surface area contributed by atoms with Gasteiger partial charge in [0.05, 0.1) is 5.69 Å². The molecule has 5 heteroatoms. The third-order valence-corrected chi connectivity index (χ3v) is 3.73. The van der Waals surface area contributed by atoms with Gasteiger partial charge >= 0.3 is 6.03 Å². The van der Waals surface area contributed by atoms with Crippen LogP contribution in [0.2, 0.25) is 0 Å². The van der Waals surface area contributed by atoms with Crippen LogP contribution in [-0.4, -0.2) is 17.8 Å². The molecule has 0 radical (unpaired) electrons. The lowest BCUT2D eigenvalue weighted by Crippen LogP contribution is -2.59. The van der Waals surface area contributed by atoms with Crippen LogP contribution in [0.4, 0.5) is 10.5 Å². The Morgan fingerprint density at radius 3 is 2.05 bits per heavy atom. The summed E-state index contributed by atoms with van der Waals surface area (Å²) in [6.07, 6.45) is 0. The third-order valence-electron chi connectivity index (χ3n) is 3.73. The smallest absolute Gasteiger partial charge is 0.277 e. The van der Waals surface area contributed by atoms with Crippen LogP contribution in [0.25, 0.3) is 0 Å². The number of aryl methyl sites for hydroxylation is 3. The first-order valence-electron chi connectivity index (χ1n) is 7.00. The van der Waals surface area contributed by atoms with Crippen LogP contribution < -0.4 is 10.2 Å². The summed E-state index contributed by atoms with van der Waals surface area (Å²) >= 11 is 0. The molecule has 0 bridgehead atoms. The van der Waals surface area contributed by atoms with Crippen molar-refractivity contribution in [2.24, 2.45) is 11.8 Å². The molecule has 1 unspecified atom stereocenters. The van der Waals surface area contributed by atoms with Crippen LogP contribution in [0, 0.1) is 32.6 Å². The minimum Gasteiger partial charge on any atom is -0.277 e. The second-order valence-electron chi connectivity index (χ2n) is 5.94. The van der Waals surface area contributed by atoms with E-state index in [0.717, 1.165) is 21.6 Å². The molecule has 0 saturated carbocycles. The summed E-state index contributed by atoms with van der Waals surface area (Å²) in [6, 6.07) is 3.17. The first kappa shape index (κ1) is 15.2. The summed E-state index contributed by atoms with van der Waals surface area (Å²) in [5.41, 5.74) is 3.32. The molecule has 5 nitrogen and oxygen atoms in total. The molecule has 1 aliphatic rings. The normalized spacial score (nSPS) is 19.2. The Kier molecular flexibility index (Phi) is 3.85. The third kappa shape index (κ3) is 2.55. The molecular weight excluding hydrogens is 268 g/mol. The molecule has 2 rings (SSSR count). The van der Waals surface area contributed by atoms with Crippen molar-refractivity contribution in [3.05, 3.63) is 28.8 Å². The van der Waals surface area contributed by atoms with Gasteiger partial charge < -0.3 is 0 Å². The summed E-state index contributed by atoms with van der Waals surface area (Å²) in [4.78, 5) is 37.8. The van der Waals surface area contributed by atoms with Gasteiger partial charge in [-0.3, -0.25) is 14.9 Å². The Hall–Kier alpha value is -2.17. The molecule has 1 aromatic carbocycles. The number of anilines is 1. The minimum absolute atomic E-state index is 0.167. The Balaban J connectivity index is 2.55. The summed E-state index contributed by atoms with van der Waals surface area (Å²) in [6.45, 7) is 9.27. The molecule has 0 aromatic heterocycles. The number of carbonyl (C=O) groups excluding carboxylic acids is 3. The van der Waals surface area contributed by atoms with E-state index >= 15 is 0 Å². The average molecular weight is 288 g/mol. The highest BCUT2D eigenvalue weighted by molar-refractivity contribution is 6.28. The lowest BCUT2D eigenvalue weighted by molar-refractivity contribution is -0.136. The van der Waals surface area contributed by atoms with Crippen molar-refractivity contribution in [3.8, 4) is 0 Å². The Labute approximate surface area is 124 Å². The van der Waals surface area contributed by atoms with Crippen molar-refractivity contribution >= 4 is 23.5 Å². The van der Waals surface area contributed by atoms with Gasteiger partial charge in [-0.25, -0.2) is 9.69 Å². The highest BCUT2D eigenvalue weighted by Crippen LogP contribution is 2.30. The zero-order valence-corrected chi connectivity index (χ0v) is 13.0. The van der Waals surface area contributed by atoms with Gasteiger partial charge in [0.15, 0.2) is 0 Å². The summed E-state index contributed by atoms with van der Waals surface area (Å²) in [5, 5.41) is 2.29. The van der Waals surface area contributed by atoms with Gasteiger partial charge in [0, 0.05) is 0 Å². The Bertz CT molecular complexity index is 611. The van der Waals surface area contributed by atoms with E-state index in [9.17, 15) is 14.4 Å². The van der Waals surface area contributed by atoms with Gasteiger partial charge in [-0.05, 0) is 37.8 Å². The molecule has 1 fully saturated rings.